The Hall–Kier alpha value is -1.02. The Morgan fingerprint density at radius 1 is 1.21 bits per heavy atom. The lowest BCUT2D eigenvalue weighted by Gasteiger charge is -2.02. The molecule has 0 N–H and O–H groups in total. The van der Waals surface area contributed by atoms with Crippen LogP contribution >= 0.6 is 0 Å². The van der Waals surface area contributed by atoms with Crippen molar-refractivity contribution >= 4 is 0 Å². The van der Waals surface area contributed by atoms with E-state index in [9.17, 15) is 0 Å². The SMILES string of the molecule is CCCC1OC1COc1ccccc1. The van der Waals surface area contributed by atoms with Gasteiger partial charge in [0.25, 0.3) is 0 Å². The Morgan fingerprint density at radius 3 is 2.71 bits per heavy atom. The van der Waals surface area contributed by atoms with Crippen LogP contribution in [0.2, 0.25) is 0 Å². The fourth-order valence-corrected chi connectivity index (χ4v) is 1.56. The molecule has 0 aromatic heterocycles. The first-order valence-corrected chi connectivity index (χ1v) is 5.23. The fourth-order valence-electron chi connectivity index (χ4n) is 1.56. The van der Waals surface area contributed by atoms with Crippen molar-refractivity contribution in [2.24, 2.45) is 0 Å². The first-order chi connectivity index (χ1) is 6.90. The third kappa shape index (κ3) is 2.48. The Bertz CT molecular complexity index is 271. The predicted molar refractivity (Wildman–Crippen MR) is 55.5 cm³/mol. The highest BCUT2D eigenvalue weighted by molar-refractivity contribution is 5.21. The van der Waals surface area contributed by atoms with Gasteiger partial charge >= 0.3 is 0 Å². The Kier molecular flexibility index (Phi) is 3.04. The van der Waals surface area contributed by atoms with Crippen molar-refractivity contribution in [1.29, 1.82) is 0 Å². The normalized spacial score (nSPS) is 24.6. The molecule has 0 saturated carbocycles. The Labute approximate surface area is 84.8 Å². The van der Waals surface area contributed by atoms with Gasteiger partial charge in [0.2, 0.25) is 0 Å². The summed E-state index contributed by atoms with van der Waals surface area (Å²) in [4.78, 5) is 0. The standard InChI is InChI=1S/C12H16O2/c1-2-6-11-12(14-11)9-13-10-7-4-3-5-8-10/h3-5,7-8,11-12H,2,6,9H2,1H3. The van der Waals surface area contributed by atoms with Crippen molar-refractivity contribution in [2.45, 2.75) is 32.0 Å². The number of ether oxygens (including phenoxy) is 2. The molecule has 2 nitrogen and oxygen atoms in total. The quantitative estimate of drug-likeness (QED) is 0.669. The molecule has 0 spiro atoms. The summed E-state index contributed by atoms with van der Waals surface area (Å²) >= 11 is 0. The van der Waals surface area contributed by atoms with E-state index < -0.39 is 0 Å². The lowest BCUT2D eigenvalue weighted by molar-refractivity contribution is 0.259. The minimum atomic E-state index is 0.329. The molecule has 0 amide bonds. The molecule has 1 aromatic carbocycles. The van der Waals surface area contributed by atoms with Gasteiger partial charge in [-0.05, 0) is 18.6 Å². The van der Waals surface area contributed by atoms with Gasteiger partial charge in [-0.3, -0.25) is 0 Å². The monoisotopic (exact) mass is 192 g/mol. The van der Waals surface area contributed by atoms with Gasteiger partial charge in [0.1, 0.15) is 18.5 Å². The maximum Gasteiger partial charge on any atom is 0.119 e. The van der Waals surface area contributed by atoms with Crippen molar-refractivity contribution in [3.63, 3.8) is 0 Å². The van der Waals surface area contributed by atoms with Crippen LogP contribution in [-0.4, -0.2) is 18.8 Å². The van der Waals surface area contributed by atoms with E-state index >= 15 is 0 Å². The maximum atomic E-state index is 5.58. The molecule has 2 rings (SSSR count). The molecule has 2 atom stereocenters. The van der Waals surface area contributed by atoms with Crippen molar-refractivity contribution in [3.8, 4) is 5.75 Å². The summed E-state index contributed by atoms with van der Waals surface area (Å²) in [7, 11) is 0. The van der Waals surface area contributed by atoms with Crippen LogP contribution < -0.4 is 4.74 Å². The molecule has 2 unspecified atom stereocenters. The van der Waals surface area contributed by atoms with Crippen LogP contribution in [-0.2, 0) is 4.74 Å². The average Bonchev–Trinajstić information content (AvgIpc) is 2.96. The molecule has 1 aromatic rings. The molecule has 1 aliphatic heterocycles. The molecule has 2 heteroatoms. The highest BCUT2D eigenvalue weighted by Gasteiger charge is 2.38. The molecule has 14 heavy (non-hydrogen) atoms. The van der Waals surface area contributed by atoms with Crippen LogP contribution in [0.4, 0.5) is 0 Å². The number of benzene rings is 1. The zero-order valence-electron chi connectivity index (χ0n) is 8.48. The van der Waals surface area contributed by atoms with Crippen LogP contribution in [0, 0.1) is 0 Å². The van der Waals surface area contributed by atoms with Gasteiger partial charge in [-0.15, -0.1) is 0 Å². The molecular formula is C12H16O2. The molecule has 76 valence electrons. The van der Waals surface area contributed by atoms with Gasteiger partial charge in [0, 0.05) is 0 Å². The van der Waals surface area contributed by atoms with Crippen molar-refractivity contribution in [3.05, 3.63) is 30.3 Å². The van der Waals surface area contributed by atoms with Crippen LogP contribution in [0.3, 0.4) is 0 Å². The van der Waals surface area contributed by atoms with Crippen molar-refractivity contribution in [2.75, 3.05) is 6.61 Å². The third-order valence-corrected chi connectivity index (χ3v) is 2.42. The maximum absolute atomic E-state index is 5.58. The van der Waals surface area contributed by atoms with E-state index in [1.807, 2.05) is 30.3 Å². The van der Waals surface area contributed by atoms with Crippen molar-refractivity contribution in [1.82, 2.24) is 0 Å². The zero-order valence-corrected chi connectivity index (χ0v) is 8.48. The van der Waals surface area contributed by atoms with E-state index in [0.29, 0.717) is 18.8 Å². The number of epoxide rings is 1. The van der Waals surface area contributed by atoms with Crippen LogP contribution in [0.15, 0.2) is 30.3 Å². The third-order valence-electron chi connectivity index (χ3n) is 2.42. The minimum absolute atomic E-state index is 0.329. The molecule has 1 aliphatic rings. The highest BCUT2D eigenvalue weighted by Crippen LogP contribution is 2.27. The summed E-state index contributed by atoms with van der Waals surface area (Å²) < 4.78 is 11.0. The minimum Gasteiger partial charge on any atom is -0.491 e. The second-order valence-corrected chi connectivity index (χ2v) is 3.63. The molecule has 0 aliphatic carbocycles. The summed E-state index contributed by atoms with van der Waals surface area (Å²) in [5, 5.41) is 0. The van der Waals surface area contributed by atoms with Crippen LogP contribution in [0.25, 0.3) is 0 Å². The van der Waals surface area contributed by atoms with E-state index in [2.05, 4.69) is 6.92 Å². The van der Waals surface area contributed by atoms with Crippen LogP contribution in [0.5, 0.6) is 5.75 Å². The largest absolute Gasteiger partial charge is 0.491 e. The van der Waals surface area contributed by atoms with Gasteiger partial charge in [-0.25, -0.2) is 0 Å². The van der Waals surface area contributed by atoms with Gasteiger partial charge in [0.15, 0.2) is 0 Å². The average molecular weight is 192 g/mol. The van der Waals surface area contributed by atoms with Crippen molar-refractivity contribution < 1.29 is 9.47 Å². The first-order valence-electron chi connectivity index (χ1n) is 5.23. The molecule has 0 bridgehead atoms. The Morgan fingerprint density at radius 2 is 2.00 bits per heavy atom. The summed E-state index contributed by atoms with van der Waals surface area (Å²) in [5.74, 6) is 0.929. The van der Waals surface area contributed by atoms with E-state index in [1.165, 1.54) is 6.42 Å². The summed E-state index contributed by atoms with van der Waals surface area (Å²) in [5.41, 5.74) is 0. The van der Waals surface area contributed by atoms with E-state index in [-0.39, 0.29) is 0 Å². The molecule has 0 radical (unpaired) electrons. The molecule has 1 saturated heterocycles. The van der Waals surface area contributed by atoms with Crippen LogP contribution in [0.1, 0.15) is 19.8 Å². The lowest BCUT2D eigenvalue weighted by atomic mass is 10.2. The Balaban J connectivity index is 1.70. The number of hydrogen-bond donors (Lipinski definition) is 0. The first kappa shape index (κ1) is 9.53. The predicted octanol–water partition coefficient (Wildman–Crippen LogP) is 2.63. The van der Waals surface area contributed by atoms with Gasteiger partial charge in [-0.1, -0.05) is 31.5 Å². The van der Waals surface area contributed by atoms with Gasteiger partial charge < -0.3 is 9.47 Å². The van der Waals surface area contributed by atoms with E-state index in [0.717, 1.165) is 12.2 Å². The second kappa shape index (κ2) is 4.47. The summed E-state index contributed by atoms with van der Waals surface area (Å²) in [6.07, 6.45) is 3.12. The smallest absolute Gasteiger partial charge is 0.119 e. The second-order valence-electron chi connectivity index (χ2n) is 3.63. The lowest BCUT2D eigenvalue weighted by Crippen LogP contribution is -2.07. The summed E-state index contributed by atoms with van der Waals surface area (Å²) in [6, 6.07) is 9.88. The number of hydrogen-bond acceptors (Lipinski definition) is 2. The molecular weight excluding hydrogens is 176 g/mol. The van der Waals surface area contributed by atoms with Gasteiger partial charge in [-0.2, -0.15) is 0 Å². The van der Waals surface area contributed by atoms with E-state index in [4.69, 9.17) is 9.47 Å². The van der Waals surface area contributed by atoms with Gasteiger partial charge in [0.05, 0.1) is 6.10 Å². The number of rotatable bonds is 5. The fraction of sp³-hybridized carbons (Fsp3) is 0.500. The summed E-state index contributed by atoms with van der Waals surface area (Å²) in [6.45, 7) is 2.87. The van der Waals surface area contributed by atoms with E-state index in [1.54, 1.807) is 0 Å². The molecule has 1 fully saturated rings. The highest BCUT2D eigenvalue weighted by atomic mass is 16.6. The zero-order chi connectivity index (χ0) is 9.80. The topological polar surface area (TPSA) is 21.8 Å². The molecule has 1 heterocycles. The number of para-hydroxylation sites is 1.